The van der Waals surface area contributed by atoms with Crippen LogP contribution >= 0.6 is 0 Å². The Labute approximate surface area is 171 Å². The maximum Gasteiger partial charge on any atom is 0.260 e. The van der Waals surface area contributed by atoms with Crippen LogP contribution in [0.15, 0.2) is 66.7 Å². The van der Waals surface area contributed by atoms with E-state index in [9.17, 15) is 4.79 Å². The molecule has 1 aliphatic heterocycles. The molecular formula is C24H26N2O3. The molecule has 5 heteroatoms. The lowest BCUT2D eigenvalue weighted by atomic mass is 10.0. The van der Waals surface area contributed by atoms with Gasteiger partial charge in [0.15, 0.2) is 6.61 Å². The first-order chi connectivity index (χ1) is 14.2. The van der Waals surface area contributed by atoms with E-state index in [2.05, 4.69) is 11.4 Å². The highest BCUT2D eigenvalue weighted by Crippen LogP contribution is 2.22. The number of carbonyl (C=O) groups is 1. The fourth-order valence-electron chi connectivity index (χ4n) is 3.72. The Morgan fingerprint density at radius 2 is 1.76 bits per heavy atom. The van der Waals surface area contributed by atoms with E-state index >= 15 is 0 Å². The predicted octanol–water partition coefficient (Wildman–Crippen LogP) is 4.33. The molecule has 1 saturated heterocycles. The van der Waals surface area contributed by atoms with E-state index < -0.39 is 0 Å². The van der Waals surface area contributed by atoms with E-state index in [1.54, 1.807) is 7.11 Å². The molecule has 0 radical (unpaired) electrons. The fourth-order valence-corrected chi connectivity index (χ4v) is 3.72. The quantitative estimate of drug-likeness (QED) is 0.681. The molecule has 1 heterocycles. The van der Waals surface area contributed by atoms with Crippen LogP contribution in [0, 0.1) is 0 Å². The minimum Gasteiger partial charge on any atom is -0.497 e. The van der Waals surface area contributed by atoms with Crippen molar-refractivity contribution in [3.05, 3.63) is 66.7 Å². The molecule has 1 amide bonds. The van der Waals surface area contributed by atoms with Crippen molar-refractivity contribution in [2.75, 3.05) is 32.1 Å². The number of ether oxygens (including phenoxy) is 2. The van der Waals surface area contributed by atoms with Crippen LogP contribution in [-0.2, 0) is 4.79 Å². The van der Waals surface area contributed by atoms with E-state index in [-0.39, 0.29) is 12.5 Å². The van der Waals surface area contributed by atoms with Gasteiger partial charge < -0.3 is 19.7 Å². The molecule has 0 aliphatic carbocycles. The van der Waals surface area contributed by atoms with Gasteiger partial charge in [-0.3, -0.25) is 4.79 Å². The van der Waals surface area contributed by atoms with Gasteiger partial charge in [-0.15, -0.1) is 0 Å². The van der Waals surface area contributed by atoms with Crippen molar-refractivity contribution < 1.29 is 14.3 Å². The first-order valence-corrected chi connectivity index (χ1v) is 10.0. The van der Waals surface area contributed by atoms with Crippen molar-refractivity contribution in [1.82, 2.24) is 4.90 Å². The van der Waals surface area contributed by atoms with Crippen LogP contribution in [0.5, 0.6) is 11.5 Å². The molecule has 0 spiro atoms. The van der Waals surface area contributed by atoms with E-state index in [0.717, 1.165) is 53.9 Å². The van der Waals surface area contributed by atoms with Gasteiger partial charge >= 0.3 is 0 Å². The molecule has 29 heavy (non-hydrogen) atoms. The molecule has 5 nitrogen and oxygen atoms in total. The molecule has 0 atom stereocenters. The number of piperidine rings is 1. The molecule has 4 rings (SSSR count). The van der Waals surface area contributed by atoms with Crippen LogP contribution in [0.1, 0.15) is 12.8 Å². The normalized spacial score (nSPS) is 14.6. The standard InChI is InChI=1S/C24H26N2O3/c1-28-22-8-4-7-21(16-22)25-20-11-13-26(14-12-20)24(27)17-29-23-10-9-18-5-2-3-6-19(18)15-23/h2-10,15-16,20,25H,11-14,17H2,1H3. The number of anilines is 1. The number of amides is 1. The average Bonchev–Trinajstić information content (AvgIpc) is 2.78. The van der Waals surface area contributed by atoms with Crippen LogP contribution < -0.4 is 14.8 Å². The molecule has 150 valence electrons. The second-order valence-electron chi connectivity index (χ2n) is 7.33. The third-order valence-electron chi connectivity index (χ3n) is 5.37. The highest BCUT2D eigenvalue weighted by atomic mass is 16.5. The van der Waals surface area contributed by atoms with Gasteiger partial charge in [-0.05, 0) is 47.9 Å². The van der Waals surface area contributed by atoms with Gasteiger partial charge in [-0.25, -0.2) is 0 Å². The summed E-state index contributed by atoms with van der Waals surface area (Å²) in [7, 11) is 1.67. The highest BCUT2D eigenvalue weighted by molar-refractivity contribution is 5.84. The van der Waals surface area contributed by atoms with Crippen molar-refractivity contribution in [2.45, 2.75) is 18.9 Å². The van der Waals surface area contributed by atoms with Gasteiger partial charge in [0, 0.05) is 30.9 Å². The number of likely N-dealkylation sites (tertiary alicyclic amines) is 1. The number of benzene rings is 3. The summed E-state index contributed by atoms with van der Waals surface area (Å²) in [6, 6.07) is 22.3. The van der Waals surface area contributed by atoms with Gasteiger partial charge in [-0.2, -0.15) is 0 Å². The maximum atomic E-state index is 12.5. The van der Waals surface area contributed by atoms with Crippen LogP contribution in [0.3, 0.4) is 0 Å². The zero-order chi connectivity index (χ0) is 20.1. The Balaban J connectivity index is 1.26. The molecule has 0 bridgehead atoms. The molecule has 0 saturated carbocycles. The lowest BCUT2D eigenvalue weighted by Crippen LogP contribution is -2.44. The Morgan fingerprint density at radius 3 is 2.55 bits per heavy atom. The summed E-state index contributed by atoms with van der Waals surface area (Å²) in [5, 5.41) is 5.82. The van der Waals surface area contributed by atoms with Gasteiger partial charge in [-0.1, -0.05) is 36.4 Å². The summed E-state index contributed by atoms with van der Waals surface area (Å²) < 4.78 is 11.0. The van der Waals surface area contributed by atoms with Crippen LogP contribution in [0.25, 0.3) is 10.8 Å². The predicted molar refractivity (Wildman–Crippen MR) is 116 cm³/mol. The van der Waals surface area contributed by atoms with Crippen molar-refractivity contribution in [3.63, 3.8) is 0 Å². The van der Waals surface area contributed by atoms with Gasteiger partial charge in [0.25, 0.3) is 5.91 Å². The lowest BCUT2D eigenvalue weighted by molar-refractivity contribution is -0.134. The van der Waals surface area contributed by atoms with E-state index in [0.29, 0.717) is 6.04 Å². The molecule has 1 aliphatic rings. The SMILES string of the molecule is COc1cccc(NC2CCN(C(=O)COc3ccc4ccccc4c3)CC2)c1. The van der Waals surface area contributed by atoms with Crippen LogP contribution in [0.2, 0.25) is 0 Å². The molecule has 1 N–H and O–H groups in total. The number of hydrogen-bond donors (Lipinski definition) is 1. The molecule has 3 aromatic rings. The summed E-state index contributed by atoms with van der Waals surface area (Å²) in [6.07, 6.45) is 1.83. The van der Waals surface area contributed by atoms with Crippen LogP contribution in [0.4, 0.5) is 5.69 Å². The average molecular weight is 390 g/mol. The number of methoxy groups -OCH3 is 1. The van der Waals surface area contributed by atoms with Crippen molar-refractivity contribution in [3.8, 4) is 11.5 Å². The van der Waals surface area contributed by atoms with Gasteiger partial charge in [0.2, 0.25) is 0 Å². The highest BCUT2D eigenvalue weighted by Gasteiger charge is 2.23. The summed E-state index contributed by atoms with van der Waals surface area (Å²) in [6.45, 7) is 1.55. The Morgan fingerprint density at radius 1 is 0.966 bits per heavy atom. The Hall–Kier alpha value is -3.21. The molecule has 1 fully saturated rings. The fraction of sp³-hybridized carbons (Fsp3) is 0.292. The smallest absolute Gasteiger partial charge is 0.260 e. The number of hydrogen-bond acceptors (Lipinski definition) is 4. The van der Waals surface area contributed by atoms with Crippen molar-refractivity contribution in [2.24, 2.45) is 0 Å². The topological polar surface area (TPSA) is 50.8 Å². The van der Waals surface area contributed by atoms with Crippen molar-refractivity contribution in [1.29, 1.82) is 0 Å². The summed E-state index contributed by atoms with van der Waals surface area (Å²) in [5.41, 5.74) is 1.05. The lowest BCUT2D eigenvalue weighted by Gasteiger charge is -2.33. The molecular weight excluding hydrogens is 364 g/mol. The monoisotopic (exact) mass is 390 g/mol. The van der Waals surface area contributed by atoms with E-state index in [1.807, 2.05) is 65.6 Å². The number of nitrogens with one attached hydrogen (secondary N) is 1. The zero-order valence-electron chi connectivity index (χ0n) is 16.6. The van der Waals surface area contributed by atoms with E-state index in [4.69, 9.17) is 9.47 Å². The number of carbonyl (C=O) groups excluding carboxylic acids is 1. The van der Waals surface area contributed by atoms with Crippen molar-refractivity contribution >= 4 is 22.4 Å². The maximum absolute atomic E-state index is 12.5. The number of fused-ring (bicyclic) bond motifs is 1. The summed E-state index contributed by atoms with van der Waals surface area (Å²) in [5.74, 6) is 1.61. The Kier molecular flexibility index (Phi) is 5.84. The number of nitrogens with zero attached hydrogens (tertiary/aromatic N) is 1. The summed E-state index contributed by atoms with van der Waals surface area (Å²) >= 11 is 0. The van der Waals surface area contributed by atoms with E-state index in [1.165, 1.54) is 0 Å². The summed E-state index contributed by atoms with van der Waals surface area (Å²) in [4.78, 5) is 14.4. The zero-order valence-corrected chi connectivity index (χ0v) is 16.6. The molecule has 0 unspecified atom stereocenters. The van der Waals surface area contributed by atoms with Gasteiger partial charge in [0.1, 0.15) is 11.5 Å². The minimum absolute atomic E-state index is 0.0398. The largest absolute Gasteiger partial charge is 0.497 e. The first kappa shape index (κ1) is 19.1. The second kappa shape index (κ2) is 8.86. The molecule has 3 aromatic carbocycles. The number of rotatable bonds is 6. The second-order valence-corrected chi connectivity index (χ2v) is 7.33. The minimum atomic E-state index is 0.0398. The third kappa shape index (κ3) is 4.80. The first-order valence-electron chi connectivity index (χ1n) is 10.0. The van der Waals surface area contributed by atoms with Crippen LogP contribution in [-0.4, -0.2) is 43.7 Å². The third-order valence-corrected chi connectivity index (χ3v) is 5.37. The Bertz CT molecular complexity index is 981. The molecule has 0 aromatic heterocycles. The van der Waals surface area contributed by atoms with Gasteiger partial charge in [0.05, 0.1) is 7.11 Å².